The number of hydrogen-bond acceptors (Lipinski definition) is 8. The number of amides is 1. The van der Waals surface area contributed by atoms with Gasteiger partial charge in [0.25, 0.3) is 5.22 Å². The number of nitrogens with zero attached hydrogens (tertiary/aromatic N) is 4. The van der Waals surface area contributed by atoms with Gasteiger partial charge in [0.15, 0.2) is 5.13 Å². The van der Waals surface area contributed by atoms with Gasteiger partial charge < -0.3 is 9.15 Å². The molecule has 0 saturated carbocycles. The second-order valence-corrected chi connectivity index (χ2v) is 9.03. The van der Waals surface area contributed by atoms with E-state index in [0.29, 0.717) is 28.4 Å². The highest BCUT2D eigenvalue weighted by molar-refractivity contribution is 7.98. The van der Waals surface area contributed by atoms with Gasteiger partial charge in [-0.1, -0.05) is 43.0 Å². The average molecular weight is 481 g/mol. The van der Waals surface area contributed by atoms with E-state index < -0.39 is 0 Å². The SMILES string of the molecule is CCc1ccc(N(C(C)=O)c2nc(CSc3nnc(Cc4ccc(OC)cc4)o3)cs2)cc1. The summed E-state index contributed by atoms with van der Waals surface area (Å²) in [6.45, 7) is 3.65. The van der Waals surface area contributed by atoms with E-state index in [1.807, 2.05) is 53.9 Å². The van der Waals surface area contributed by atoms with Gasteiger partial charge in [-0.15, -0.1) is 21.5 Å². The molecule has 1 amide bonds. The van der Waals surface area contributed by atoms with E-state index in [4.69, 9.17) is 9.15 Å². The molecule has 0 aliphatic heterocycles. The molecule has 33 heavy (non-hydrogen) atoms. The second kappa shape index (κ2) is 10.6. The van der Waals surface area contributed by atoms with E-state index >= 15 is 0 Å². The molecule has 0 fully saturated rings. The third-order valence-electron chi connectivity index (χ3n) is 4.95. The minimum atomic E-state index is -0.0760. The predicted octanol–water partition coefficient (Wildman–Crippen LogP) is 5.66. The van der Waals surface area contributed by atoms with Crippen LogP contribution < -0.4 is 9.64 Å². The van der Waals surface area contributed by atoms with Crippen LogP contribution in [-0.2, 0) is 23.4 Å². The number of anilines is 2. The highest BCUT2D eigenvalue weighted by Crippen LogP contribution is 2.31. The van der Waals surface area contributed by atoms with Crippen LogP contribution in [0.2, 0.25) is 0 Å². The summed E-state index contributed by atoms with van der Waals surface area (Å²) >= 11 is 2.87. The number of methoxy groups -OCH3 is 1. The normalized spacial score (nSPS) is 10.9. The standard InChI is InChI=1S/C24H24N4O3S2/c1-4-17-5-9-20(10-6-17)28(16(2)29)23-25-19(14-32-23)15-33-24-27-26-22(31-24)13-18-7-11-21(30-3)12-8-18/h5-12,14H,4,13,15H2,1-3H3. The number of benzene rings is 2. The van der Waals surface area contributed by atoms with Crippen LogP contribution in [-0.4, -0.2) is 28.2 Å². The van der Waals surface area contributed by atoms with E-state index in [2.05, 4.69) is 22.1 Å². The third-order valence-corrected chi connectivity index (χ3v) is 6.68. The molecular weight excluding hydrogens is 456 g/mol. The largest absolute Gasteiger partial charge is 0.497 e. The number of thioether (sulfide) groups is 1. The molecular formula is C24H24N4O3S2. The topological polar surface area (TPSA) is 81.4 Å². The first kappa shape index (κ1) is 23.0. The van der Waals surface area contributed by atoms with E-state index in [1.165, 1.54) is 28.7 Å². The lowest BCUT2D eigenvalue weighted by molar-refractivity contribution is -0.115. The summed E-state index contributed by atoms with van der Waals surface area (Å²) in [5, 5.41) is 11.4. The molecule has 0 bridgehead atoms. The fourth-order valence-corrected chi connectivity index (χ4v) is 4.86. The Kier molecular flexibility index (Phi) is 7.41. The van der Waals surface area contributed by atoms with Crippen molar-refractivity contribution in [2.45, 2.75) is 37.7 Å². The lowest BCUT2D eigenvalue weighted by Crippen LogP contribution is -2.22. The summed E-state index contributed by atoms with van der Waals surface area (Å²) in [6, 6.07) is 15.8. The van der Waals surface area contributed by atoms with Crippen LogP contribution in [0.5, 0.6) is 5.75 Å². The average Bonchev–Trinajstić information content (AvgIpc) is 3.48. The van der Waals surface area contributed by atoms with Crippen molar-refractivity contribution in [2.75, 3.05) is 12.0 Å². The molecule has 0 N–H and O–H groups in total. The highest BCUT2D eigenvalue weighted by atomic mass is 32.2. The van der Waals surface area contributed by atoms with Crippen LogP contribution in [0.3, 0.4) is 0 Å². The van der Waals surface area contributed by atoms with Gasteiger partial charge in [0.05, 0.1) is 24.9 Å². The van der Waals surface area contributed by atoms with E-state index in [9.17, 15) is 4.79 Å². The van der Waals surface area contributed by atoms with Crippen molar-refractivity contribution in [2.24, 2.45) is 0 Å². The quantitative estimate of drug-likeness (QED) is 0.286. The van der Waals surface area contributed by atoms with Gasteiger partial charge in [0.2, 0.25) is 11.8 Å². The van der Waals surface area contributed by atoms with Crippen molar-refractivity contribution in [1.29, 1.82) is 0 Å². The number of aryl methyl sites for hydroxylation is 1. The van der Waals surface area contributed by atoms with Crippen LogP contribution in [0.4, 0.5) is 10.8 Å². The van der Waals surface area contributed by atoms with Gasteiger partial charge in [-0.25, -0.2) is 4.98 Å². The third kappa shape index (κ3) is 5.80. The minimum absolute atomic E-state index is 0.0760. The zero-order valence-corrected chi connectivity index (χ0v) is 20.3. The summed E-state index contributed by atoms with van der Waals surface area (Å²) < 4.78 is 10.9. The van der Waals surface area contributed by atoms with Crippen LogP contribution in [0.1, 0.15) is 36.6 Å². The van der Waals surface area contributed by atoms with Crippen molar-refractivity contribution in [3.8, 4) is 5.75 Å². The minimum Gasteiger partial charge on any atom is -0.497 e. The molecule has 4 aromatic rings. The van der Waals surface area contributed by atoms with Crippen molar-refractivity contribution < 1.29 is 13.9 Å². The molecule has 0 atom stereocenters. The maximum Gasteiger partial charge on any atom is 0.276 e. The zero-order chi connectivity index (χ0) is 23.2. The van der Waals surface area contributed by atoms with Crippen molar-refractivity contribution in [1.82, 2.24) is 15.2 Å². The lowest BCUT2D eigenvalue weighted by atomic mass is 10.1. The molecule has 7 nitrogen and oxygen atoms in total. The summed E-state index contributed by atoms with van der Waals surface area (Å²) in [6.07, 6.45) is 1.51. The summed E-state index contributed by atoms with van der Waals surface area (Å²) in [5.41, 5.74) is 3.96. The molecule has 0 unspecified atom stereocenters. The molecule has 2 aromatic heterocycles. The second-order valence-electron chi connectivity index (χ2n) is 7.27. The van der Waals surface area contributed by atoms with Crippen LogP contribution in [0, 0.1) is 0 Å². The maximum atomic E-state index is 12.3. The Hall–Kier alpha value is -3.17. The van der Waals surface area contributed by atoms with Crippen molar-refractivity contribution >= 4 is 39.8 Å². The van der Waals surface area contributed by atoms with Crippen LogP contribution in [0.15, 0.2) is 63.6 Å². The number of carbonyl (C=O) groups is 1. The summed E-state index contributed by atoms with van der Waals surface area (Å²) in [7, 11) is 1.64. The number of hydrogen-bond donors (Lipinski definition) is 0. The van der Waals surface area contributed by atoms with E-state index in [0.717, 1.165) is 29.1 Å². The van der Waals surface area contributed by atoms with Crippen LogP contribution in [0.25, 0.3) is 0 Å². The molecule has 4 rings (SSSR count). The van der Waals surface area contributed by atoms with E-state index in [-0.39, 0.29) is 5.91 Å². The maximum absolute atomic E-state index is 12.3. The molecule has 2 heterocycles. The highest BCUT2D eigenvalue weighted by Gasteiger charge is 2.18. The Labute approximate surface area is 200 Å². The molecule has 0 radical (unpaired) electrons. The number of ether oxygens (including phenoxy) is 1. The number of thiazole rings is 1. The molecule has 9 heteroatoms. The molecule has 0 aliphatic rings. The molecule has 170 valence electrons. The van der Waals surface area contributed by atoms with Gasteiger partial charge in [-0.05, 0) is 41.8 Å². The van der Waals surface area contributed by atoms with Gasteiger partial charge in [-0.2, -0.15) is 0 Å². The first-order valence-electron chi connectivity index (χ1n) is 10.5. The predicted molar refractivity (Wildman–Crippen MR) is 130 cm³/mol. The molecule has 0 aliphatic carbocycles. The Bertz CT molecular complexity index is 1200. The Morgan fingerprint density at radius 2 is 1.82 bits per heavy atom. The Balaban J connectivity index is 1.38. The van der Waals surface area contributed by atoms with Gasteiger partial charge >= 0.3 is 0 Å². The van der Waals surface area contributed by atoms with Crippen molar-refractivity contribution in [3.05, 3.63) is 76.6 Å². The molecule has 0 spiro atoms. The summed E-state index contributed by atoms with van der Waals surface area (Å²) in [4.78, 5) is 18.6. The van der Waals surface area contributed by atoms with Gasteiger partial charge in [-0.3, -0.25) is 9.69 Å². The molecule has 2 aromatic carbocycles. The monoisotopic (exact) mass is 480 g/mol. The lowest BCUT2D eigenvalue weighted by Gasteiger charge is -2.18. The summed E-state index contributed by atoms with van der Waals surface area (Å²) in [5.74, 6) is 1.86. The Morgan fingerprint density at radius 1 is 1.09 bits per heavy atom. The fourth-order valence-electron chi connectivity index (χ4n) is 3.19. The van der Waals surface area contributed by atoms with Gasteiger partial charge in [0, 0.05) is 18.1 Å². The Morgan fingerprint density at radius 3 is 2.48 bits per heavy atom. The zero-order valence-electron chi connectivity index (χ0n) is 18.6. The first-order chi connectivity index (χ1) is 16.1. The van der Waals surface area contributed by atoms with Crippen molar-refractivity contribution in [3.63, 3.8) is 0 Å². The smallest absolute Gasteiger partial charge is 0.276 e. The number of carbonyl (C=O) groups excluding carboxylic acids is 1. The van der Waals surface area contributed by atoms with Gasteiger partial charge in [0.1, 0.15) is 5.75 Å². The number of rotatable bonds is 9. The van der Waals surface area contributed by atoms with Crippen LogP contribution >= 0.6 is 23.1 Å². The molecule has 0 saturated heterocycles. The number of aromatic nitrogens is 3. The fraction of sp³-hybridized carbons (Fsp3) is 0.250. The van der Waals surface area contributed by atoms with E-state index in [1.54, 1.807) is 18.9 Å². The first-order valence-corrected chi connectivity index (χ1v) is 12.3.